The van der Waals surface area contributed by atoms with Crippen molar-refractivity contribution in [2.75, 3.05) is 7.05 Å². The summed E-state index contributed by atoms with van der Waals surface area (Å²) in [6.07, 6.45) is 5.56. The number of nitrogens with one attached hydrogen (secondary N) is 1. The molecule has 1 aromatic carbocycles. The second-order valence-corrected chi connectivity index (χ2v) is 5.63. The van der Waals surface area contributed by atoms with Gasteiger partial charge in [-0.15, -0.1) is 0 Å². The molecule has 2 atom stereocenters. The first-order valence-electron chi connectivity index (χ1n) is 7.51. The van der Waals surface area contributed by atoms with E-state index >= 15 is 0 Å². The van der Waals surface area contributed by atoms with E-state index < -0.39 is 0 Å². The molecular formula is C18H22N2. The molecule has 1 N–H and O–H groups in total. The number of pyridine rings is 1. The van der Waals surface area contributed by atoms with E-state index in [2.05, 4.69) is 53.6 Å². The fourth-order valence-corrected chi connectivity index (χ4v) is 3.29. The van der Waals surface area contributed by atoms with Gasteiger partial charge in [0.15, 0.2) is 0 Å². The summed E-state index contributed by atoms with van der Waals surface area (Å²) in [5, 5.41) is 3.36. The Morgan fingerprint density at radius 1 is 1.20 bits per heavy atom. The predicted molar refractivity (Wildman–Crippen MR) is 82.9 cm³/mol. The molecule has 2 heteroatoms. The molecule has 3 rings (SSSR count). The van der Waals surface area contributed by atoms with Crippen LogP contribution in [0, 0.1) is 0 Å². The van der Waals surface area contributed by atoms with Crippen LogP contribution in [0.25, 0.3) is 0 Å². The fraction of sp³-hybridized carbons (Fsp3) is 0.389. The summed E-state index contributed by atoms with van der Waals surface area (Å²) >= 11 is 0. The average molecular weight is 266 g/mol. The third kappa shape index (κ3) is 2.36. The highest BCUT2D eigenvalue weighted by molar-refractivity contribution is 5.41. The van der Waals surface area contributed by atoms with Gasteiger partial charge in [0, 0.05) is 18.2 Å². The molecule has 0 saturated carbocycles. The van der Waals surface area contributed by atoms with Crippen molar-refractivity contribution in [1.82, 2.24) is 10.3 Å². The second-order valence-electron chi connectivity index (χ2n) is 5.63. The van der Waals surface area contributed by atoms with Gasteiger partial charge >= 0.3 is 0 Å². The molecule has 1 aliphatic carbocycles. The Kier molecular flexibility index (Phi) is 3.83. The van der Waals surface area contributed by atoms with E-state index in [0.717, 1.165) is 0 Å². The molecule has 0 saturated heterocycles. The Morgan fingerprint density at radius 3 is 2.90 bits per heavy atom. The topological polar surface area (TPSA) is 24.9 Å². The SMILES string of the molecule is CNC(C)c1ccccc1C1CCCc2cccnc21. The molecule has 2 aromatic rings. The number of fused-ring (bicyclic) bond motifs is 1. The Morgan fingerprint density at radius 2 is 2.05 bits per heavy atom. The van der Waals surface area contributed by atoms with Crippen LogP contribution in [-0.2, 0) is 6.42 Å². The van der Waals surface area contributed by atoms with Crippen LogP contribution < -0.4 is 5.32 Å². The smallest absolute Gasteiger partial charge is 0.0510 e. The monoisotopic (exact) mass is 266 g/mol. The third-order valence-corrected chi connectivity index (χ3v) is 4.47. The molecule has 1 aliphatic rings. The minimum atomic E-state index is 0.375. The van der Waals surface area contributed by atoms with E-state index in [1.807, 2.05) is 13.2 Å². The van der Waals surface area contributed by atoms with Crippen LogP contribution in [-0.4, -0.2) is 12.0 Å². The van der Waals surface area contributed by atoms with Crippen molar-refractivity contribution in [3.05, 3.63) is 65.0 Å². The lowest BCUT2D eigenvalue weighted by Crippen LogP contribution is -2.19. The maximum atomic E-state index is 4.68. The maximum absolute atomic E-state index is 4.68. The number of rotatable bonds is 3. The van der Waals surface area contributed by atoms with Gasteiger partial charge in [0.2, 0.25) is 0 Å². The molecular weight excluding hydrogens is 244 g/mol. The first-order chi connectivity index (χ1) is 9.81. The van der Waals surface area contributed by atoms with Crippen LogP contribution >= 0.6 is 0 Å². The summed E-state index contributed by atoms with van der Waals surface area (Å²) < 4.78 is 0. The largest absolute Gasteiger partial charge is 0.313 e. The molecule has 0 fully saturated rings. The molecule has 0 aliphatic heterocycles. The zero-order chi connectivity index (χ0) is 13.9. The van der Waals surface area contributed by atoms with E-state index in [1.165, 1.54) is 41.6 Å². The predicted octanol–water partition coefficient (Wildman–Crippen LogP) is 3.83. The van der Waals surface area contributed by atoms with Crippen molar-refractivity contribution in [2.45, 2.75) is 38.1 Å². The maximum Gasteiger partial charge on any atom is 0.0510 e. The highest BCUT2D eigenvalue weighted by atomic mass is 14.9. The summed E-state index contributed by atoms with van der Waals surface area (Å²) in [5.74, 6) is 0.451. The quantitative estimate of drug-likeness (QED) is 0.913. The van der Waals surface area contributed by atoms with Crippen molar-refractivity contribution < 1.29 is 0 Å². The van der Waals surface area contributed by atoms with Gasteiger partial charge in [-0.1, -0.05) is 30.3 Å². The van der Waals surface area contributed by atoms with Gasteiger partial charge in [0.1, 0.15) is 0 Å². The standard InChI is InChI=1S/C18H22N2/c1-13(19-2)15-9-3-4-10-16(15)17-11-5-7-14-8-6-12-20-18(14)17/h3-4,6,8-10,12-13,17,19H,5,7,11H2,1-2H3. The van der Waals surface area contributed by atoms with Gasteiger partial charge in [-0.2, -0.15) is 0 Å². The van der Waals surface area contributed by atoms with E-state index in [-0.39, 0.29) is 0 Å². The summed E-state index contributed by atoms with van der Waals surface area (Å²) in [7, 11) is 2.02. The zero-order valence-corrected chi connectivity index (χ0v) is 12.3. The first-order valence-corrected chi connectivity index (χ1v) is 7.51. The Balaban J connectivity index is 2.07. The lowest BCUT2D eigenvalue weighted by molar-refractivity contribution is 0.578. The minimum absolute atomic E-state index is 0.375. The summed E-state index contributed by atoms with van der Waals surface area (Å²) in [5.41, 5.74) is 5.55. The average Bonchev–Trinajstić information content (AvgIpc) is 2.53. The van der Waals surface area contributed by atoms with E-state index in [4.69, 9.17) is 0 Å². The van der Waals surface area contributed by atoms with Crippen molar-refractivity contribution >= 4 is 0 Å². The molecule has 0 amide bonds. The Bertz CT molecular complexity index is 591. The Labute approximate surface area is 121 Å². The normalized spacial score (nSPS) is 19.4. The summed E-state index contributed by atoms with van der Waals surface area (Å²) in [6.45, 7) is 2.22. The fourth-order valence-electron chi connectivity index (χ4n) is 3.29. The molecule has 0 bridgehead atoms. The number of hydrogen-bond donors (Lipinski definition) is 1. The minimum Gasteiger partial charge on any atom is -0.313 e. The van der Waals surface area contributed by atoms with E-state index in [1.54, 1.807) is 0 Å². The molecule has 20 heavy (non-hydrogen) atoms. The molecule has 1 aromatic heterocycles. The van der Waals surface area contributed by atoms with Crippen molar-refractivity contribution in [3.63, 3.8) is 0 Å². The van der Waals surface area contributed by atoms with Gasteiger partial charge in [-0.3, -0.25) is 4.98 Å². The van der Waals surface area contributed by atoms with E-state index in [9.17, 15) is 0 Å². The highest BCUT2D eigenvalue weighted by Gasteiger charge is 2.25. The molecule has 0 spiro atoms. The van der Waals surface area contributed by atoms with E-state index in [0.29, 0.717) is 12.0 Å². The highest BCUT2D eigenvalue weighted by Crippen LogP contribution is 2.37. The molecule has 1 heterocycles. The van der Waals surface area contributed by atoms with Crippen LogP contribution in [0.2, 0.25) is 0 Å². The van der Waals surface area contributed by atoms with Crippen LogP contribution in [0.1, 0.15) is 54.1 Å². The van der Waals surface area contributed by atoms with Gasteiger partial charge in [0.05, 0.1) is 5.69 Å². The van der Waals surface area contributed by atoms with Crippen LogP contribution in [0.3, 0.4) is 0 Å². The molecule has 0 radical (unpaired) electrons. The second kappa shape index (κ2) is 5.76. The molecule has 2 unspecified atom stereocenters. The van der Waals surface area contributed by atoms with Gasteiger partial charge in [-0.05, 0) is 56.0 Å². The molecule has 104 valence electrons. The lowest BCUT2D eigenvalue weighted by Gasteiger charge is -2.28. The Hall–Kier alpha value is -1.67. The van der Waals surface area contributed by atoms with Crippen LogP contribution in [0.4, 0.5) is 0 Å². The number of hydrogen-bond acceptors (Lipinski definition) is 2. The lowest BCUT2D eigenvalue weighted by atomic mass is 9.79. The summed E-state index contributed by atoms with van der Waals surface area (Å²) in [6, 6.07) is 13.5. The summed E-state index contributed by atoms with van der Waals surface area (Å²) in [4.78, 5) is 4.68. The zero-order valence-electron chi connectivity index (χ0n) is 12.3. The van der Waals surface area contributed by atoms with Gasteiger partial charge in [0.25, 0.3) is 0 Å². The van der Waals surface area contributed by atoms with Gasteiger partial charge < -0.3 is 5.32 Å². The van der Waals surface area contributed by atoms with Crippen molar-refractivity contribution in [3.8, 4) is 0 Å². The van der Waals surface area contributed by atoms with Crippen molar-refractivity contribution in [2.24, 2.45) is 0 Å². The number of benzene rings is 1. The molecule has 2 nitrogen and oxygen atoms in total. The van der Waals surface area contributed by atoms with Crippen LogP contribution in [0.15, 0.2) is 42.6 Å². The van der Waals surface area contributed by atoms with Crippen molar-refractivity contribution in [1.29, 1.82) is 0 Å². The number of aryl methyl sites for hydroxylation is 1. The number of nitrogens with zero attached hydrogens (tertiary/aromatic N) is 1. The van der Waals surface area contributed by atoms with Gasteiger partial charge in [-0.25, -0.2) is 0 Å². The first kappa shape index (κ1) is 13.3. The van der Waals surface area contributed by atoms with Crippen LogP contribution in [0.5, 0.6) is 0 Å². The third-order valence-electron chi connectivity index (χ3n) is 4.47. The number of aromatic nitrogens is 1.